The highest BCUT2D eigenvalue weighted by Gasteiger charge is 2.47. The lowest BCUT2D eigenvalue weighted by Crippen LogP contribution is -2.40. The molecule has 19 heavy (non-hydrogen) atoms. The monoisotopic (exact) mass is 330 g/mol. The molecule has 2 unspecified atom stereocenters. The van der Waals surface area contributed by atoms with Gasteiger partial charge in [0.1, 0.15) is 0 Å². The van der Waals surface area contributed by atoms with Crippen molar-refractivity contribution in [1.82, 2.24) is 0 Å². The Balaban J connectivity index is 0.00000324. The van der Waals surface area contributed by atoms with Crippen molar-refractivity contribution in [3.63, 3.8) is 0 Å². The van der Waals surface area contributed by atoms with Crippen LogP contribution in [-0.2, 0) is 18.7 Å². The van der Waals surface area contributed by atoms with Crippen LogP contribution >= 0.6 is 15.9 Å². The fourth-order valence-electron chi connectivity index (χ4n) is 1.34. The largest absolute Gasteiger partial charge is 0.480 e. The molecule has 0 fully saturated rings. The lowest BCUT2D eigenvalue weighted by Gasteiger charge is -2.23. The van der Waals surface area contributed by atoms with Gasteiger partial charge in [-0.05, 0) is 18.9 Å². The number of halogens is 1. The number of hydrogen-bond acceptors (Lipinski definition) is 3. The molecule has 1 rings (SSSR count). The molecule has 1 aromatic rings. The molecule has 0 saturated carbocycles. The smallest absolute Gasteiger partial charge is 0.339 e. The van der Waals surface area contributed by atoms with Crippen molar-refractivity contribution in [2.75, 3.05) is 0 Å². The van der Waals surface area contributed by atoms with Gasteiger partial charge in [-0.2, -0.15) is 0 Å². The van der Waals surface area contributed by atoms with Gasteiger partial charge in [-0.15, -0.1) is 0 Å². The van der Waals surface area contributed by atoms with E-state index in [1.165, 1.54) is 0 Å². The topological polar surface area (TPSA) is 63.6 Å². The number of rotatable bonds is 5. The predicted octanol–water partition coefficient (Wildman–Crippen LogP) is 3.34. The Kier molecular flexibility index (Phi) is 6.76. The van der Waals surface area contributed by atoms with E-state index in [0.29, 0.717) is 12.0 Å². The first kappa shape index (κ1) is 17.6. The first-order chi connectivity index (χ1) is 8.42. The average molecular weight is 331 g/mol. The Bertz CT molecular complexity index is 432. The van der Waals surface area contributed by atoms with Crippen molar-refractivity contribution in [1.29, 1.82) is 0 Å². The first-order valence-corrected chi connectivity index (χ1v) is 6.41. The summed E-state index contributed by atoms with van der Waals surface area (Å²) in [7, 11) is 0. The summed E-state index contributed by atoms with van der Waals surface area (Å²) in [5, 5.41) is 9.29. The number of carboxylic acids is 1. The lowest BCUT2D eigenvalue weighted by atomic mass is 9.99. The van der Waals surface area contributed by atoms with Crippen LogP contribution in [0.15, 0.2) is 30.3 Å². The fraction of sp³-hybridized carbons (Fsp3) is 0.429. The van der Waals surface area contributed by atoms with Crippen LogP contribution in [0.2, 0.25) is 0 Å². The van der Waals surface area contributed by atoms with Gasteiger partial charge in [-0.1, -0.05) is 60.6 Å². The molecular weight excluding hydrogens is 312 g/mol. The normalized spacial score (nSPS) is 14.7. The quantitative estimate of drug-likeness (QED) is 0.511. The third-order valence-electron chi connectivity index (χ3n) is 2.63. The highest BCUT2D eigenvalue weighted by molar-refractivity contribution is 9.10. The fourth-order valence-corrected chi connectivity index (χ4v) is 1.70. The van der Waals surface area contributed by atoms with Crippen LogP contribution in [0.4, 0.5) is 0 Å². The number of carbonyl (C=O) groups is 2. The Morgan fingerprint density at radius 1 is 1.37 bits per heavy atom. The van der Waals surface area contributed by atoms with Gasteiger partial charge in [-0.25, -0.2) is 9.59 Å². The van der Waals surface area contributed by atoms with Crippen LogP contribution < -0.4 is 0 Å². The molecule has 0 aliphatic rings. The van der Waals surface area contributed by atoms with E-state index in [0.717, 1.165) is 0 Å². The molecule has 0 saturated heterocycles. The van der Waals surface area contributed by atoms with Crippen molar-refractivity contribution in [3.8, 4) is 0 Å². The summed E-state index contributed by atoms with van der Waals surface area (Å²) in [6.45, 7) is 3.58. The van der Waals surface area contributed by atoms with E-state index in [1.807, 2.05) is 6.92 Å². The van der Waals surface area contributed by atoms with E-state index in [-0.39, 0.29) is 13.5 Å². The zero-order valence-corrected chi connectivity index (χ0v) is 11.8. The van der Waals surface area contributed by atoms with Crippen LogP contribution in [0, 0.1) is 0 Å². The zero-order chi connectivity index (χ0) is 13.8. The molecule has 0 amide bonds. The maximum atomic E-state index is 12.0. The number of esters is 1. The molecule has 106 valence electrons. The molecule has 4 nitrogen and oxygen atoms in total. The van der Waals surface area contributed by atoms with Gasteiger partial charge >= 0.3 is 11.9 Å². The van der Waals surface area contributed by atoms with E-state index in [1.54, 1.807) is 37.3 Å². The molecule has 1 aromatic carbocycles. The second-order valence-corrected chi connectivity index (χ2v) is 5.14. The van der Waals surface area contributed by atoms with Crippen LogP contribution in [0.5, 0.6) is 0 Å². The molecule has 0 radical (unpaired) electrons. The molecule has 0 bridgehead atoms. The molecule has 0 aliphatic heterocycles. The summed E-state index contributed by atoms with van der Waals surface area (Å²) in [4.78, 5) is 23.4. The Hall–Kier alpha value is -1.36. The van der Waals surface area contributed by atoms with Crippen molar-refractivity contribution in [2.24, 2.45) is 0 Å². The van der Waals surface area contributed by atoms with Gasteiger partial charge in [0.25, 0.3) is 0 Å². The number of carbonyl (C=O) groups excluding carboxylic acids is 1. The molecule has 2 atom stereocenters. The molecule has 1 N–H and O–H groups in total. The lowest BCUT2D eigenvalue weighted by molar-refractivity contribution is -0.159. The minimum Gasteiger partial charge on any atom is -0.480 e. The van der Waals surface area contributed by atoms with Crippen molar-refractivity contribution >= 4 is 27.9 Å². The number of ether oxygens (including phenoxy) is 1. The molecule has 0 spiro atoms. The summed E-state index contributed by atoms with van der Waals surface area (Å²) in [5.74, 6) is -2.10. The van der Waals surface area contributed by atoms with E-state index in [9.17, 15) is 14.7 Å². The van der Waals surface area contributed by atoms with Gasteiger partial charge in [0.2, 0.25) is 4.32 Å². The van der Waals surface area contributed by atoms with Gasteiger partial charge < -0.3 is 9.84 Å². The molecule has 0 heterocycles. The summed E-state index contributed by atoms with van der Waals surface area (Å²) in [6.07, 6.45) is 0.306. The Morgan fingerprint density at radius 3 is 2.32 bits per heavy atom. The average Bonchev–Trinajstić information content (AvgIpc) is 2.38. The molecule has 0 aromatic heterocycles. The summed E-state index contributed by atoms with van der Waals surface area (Å²) < 4.78 is 3.26. The number of aliphatic carboxylic acids is 1. The van der Waals surface area contributed by atoms with Gasteiger partial charge in [0, 0.05) is 0 Å². The van der Waals surface area contributed by atoms with Gasteiger partial charge in [0.15, 0.2) is 0 Å². The van der Waals surface area contributed by atoms with Crippen LogP contribution in [-0.4, -0.2) is 23.1 Å². The summed E-state index contributed by atoms with van der Waals surface area (Å²) in [6, 6.07) is 8.23. The van der Waals surface area contributed by atoms with E-state index in [2.05, 4.69) is 15.9 Å². The second kappa shape index (κ2) is 7.28. The third kappa shape index (κ3) is 3.80. The van der Waals surface area contributed by atoms with Crippen LogP contribution in [0.3, 0.4) is 0 Å². The first-order valence-electron chi connectivity index (χ1n) is 5.61. The summed E-state index contributed by atoms with van der Waals surface area (Å²) in [5.41, 5.74) is 0.339. The van der Waals surface area contributed by atoms with Gasteiger partial charge in [-0.3, -0.25) is 0 Å². The number of alkyl halides is 1. The maximum Gasteiger partial charge on any atom is 0.339 e. The van der Waals surface area contributed by atoms with Crippen molar-refractivity contribution in [2.45, 2.75) is 38.1 Å². The number of hydrogen-bond donors (Lipinski definition) is 1. The summed E-state index contributed by atoms with van der Waals surface area (Å²) >= 11 is 3.01. The molecule has 0 aliphatic carbocycles. The standard InChI is InChI=1S/C13H15BrO4.CH4/c1-3-9(2)18-12(17)13(14,11(15)16)10-7-5-4-6-8-10;/h4-9H,3H2,1-2H3,(H,15,16);1H4. The zero-order valence-electron chi connectivity index (χ0n) is 10.2. The Morgan fingerprint density at radius 2 is 1.89 bits per heavy atom. The highest BCUT2D eigenvalue weighted by Crippen LogP contribution is 2.33. The van der Waals surface area contributed by atoms with Crippen LogP contribution in [0.25, 0.3) is 0 Å². The minimum atomic E-state index is -1.85. The van der Waals surface area contributed by atoms with Gasteiger partial charge in [0.05, 0.1) is 6.10 Å². The highest BCUT2D eigenvalue weighted by atomic mass is 79.9. The Labute approximate surface area is 121 Å². The molecular formula is C14H19BrO4. The van der Waals surface area contributed by atoms with E-state index >= 15 is 0 Å². The third-order valence-corrected chi connectivity index (χ3v) is 3.75. The number of benzene rings is 1. The number of carboxylic acid groups (broad SMARTS) is 1. The minimum absolute atomic E-state index is 0. The maximum absolute atomic E-state index is 12.0. The van der Waals surface area contributed by atoms with E-state index in [4.69, 9.17) is 4.74 Å². The predicted molar refractivity (Wildman–Crippen MR) is 77.3 cm³/mol. The van der Waals surface area contributed by atoms with Crippen molar-refractivity contribution in [3.05, 3.63) is 35.9 Å². The van der Waals surface area contributed by atoms with Crippen molar-refractivity contribution < 1.29 is 19.4 Å². The molecule has 5 heteroatoms. The SMILES string of the molecule is C.CCC(C)OC(=O)C(Br)(C(=O)O)c1ccccc1. The second-order valence-electron chi connectivity index (χ2n) is 3.95. The van der Waals surface area contributed by atoms with Crippen LogP contribution in [0.1, 0.15) is 33.3 Å². The van der Waals surface area contributed by atoms with E-state index < -0.39 is 16.3 Å².